The van der Waals surface area contributed by atoms with Crippen LogP contribution in [0.1, 0.15) is 59.9 Å². The Bertz CT molecular complexity index is 620. The molecule has 0 unspecified atom stereocenters. The number of carboxylic acid groups (broad SMARTS) is 2. The third kappa shape index (κ3) is 5.20. The second-order valence-electron chi connectivity index (χ2n) is 5.52. The van der Waals surface area contributed by atoms with Crippen molar-refractivity contribution < 1.29 is 19.8 Å². The van der Waals surface area contributed by atoms with Crippen LogP contribution >= 0.6 is 0 Å². The van der Waals surface area contributed by atoms with E-state index >= 15 is 0 Å². The molecule has 0 aromatic heterocycles. The molecule has 0 aliphatic heterocycles. The Morgan fingerprint density at radius 2 is 1.73 bits per heavy atom. The minimum Gasteiger partial charge on any atom is -0.478 e. The molecule has 1 rings (SSSR count). The maximum Gasteiger partial charge on any atom is 0.336 e. The SMILES string of the molecule is CC(C)=CCCC(C)=CCc1cccc(C(=O)O)c1C(=O)O. The molecule has 0 bridgehead atoms. The standard InChI is InChI=1S/C18H22O4/c1-12(2)6-4-7-13(3)10-11-14-8-5-9-15(17(19)20)16(14)18(21)22/h5-6,8-10H,4,7,11H2,1-3H3,(H,19,20)(H,21,22). The number of hydrogen-bond acceptors (Lipinski definition) is 2. The minimum atomic E-state index is -1.22. The molecule has 0 aliphatic carbocycles. The summed E-state index contributed by atoms with van der Waals surface area (Å²) in [6, 6.07) is 4.56. The maximum atomic E-state index is 11.3. The lowest BCUT2D eigenvalue weighted by Crippen LogP contribution is -2.11. The normalized spacial score (nSPS) is 11.1. The van der Waals surface area contributed by atoms with E-state index in [9.17, 15) is 14.7 Å². The lowest BCUT2D eigenvalue weighted by Gasteiger charge is -2.08. The van der Waals surface area contributed by atoms with Gasteiger partial charge in [0.2, 0.25) is 0 Å². The smallest absolute Gasteiger partial charge is 0.336 e. The first-order valence-corrected chi connectivity index (χ1v) is 7.20. The van der Waals surface area contributed by atoms with Crippen LogP contribution < -0.4 is 0 Å². The van der Waals surface area contributed by atoms with Gasteiger partial charge in [0, 0.05) is 0 Å². The third-order valence-electron chi connectivity index (χ3n) is 3.36. The minimum absolute atomic E-state index is 0.122. The fourth-order valence-electron chi connectivity index (χ4n) is 2.18. The summed E-state index contributed by atoms with van der Waals surface area (Å²) in [5.41, 5.74) is 2.67. The van der Waals surface area contributed by atoms with Crippen molar-refractivity contribution in [3.05, 3.63) is 58.2 Å². The molecule has 22 heavy (non-hydrogen) atoms. The van der Waals surface area contributed by atoms with Gasteiger partial charge in [0.1, 0.15) is 0 Å². The highest BCUT2D eigenvalue weighted by atomic mass is 16.4. The molecule has 0 aliphatic rings. The average Bonchev–Trinajstić information content (AvgIpc) is 2.43. The van der Waals surface area contributed by atoms with Gasteiger partial charge < -0.3 is 10.2 Å². The first kappa shape index (κ1) is 17.7. The van der Waals surface area contributed by atoms with Crippen molar-refractivity contribution in [1.82, 2.24) is 0 Å². The molecule has 1 aromatic rings. The van der Waals surface area contributed by atoms with Gasteiger partial charge in [-0.3, -0.25) is 0 Å². The first-order chi connectivity index (χ1) is 10.3. The summed E-state index contributed by atoms with van der Waals surface area (Å²) in [5, 5.41) is 18.4. The fraction of sp³-hybridized carbons (Fsp3) is 0.333. The summed E-state index contributed by atoms with van der Waals surface area (Å²) >= 11 is 0. The van der Waals surface area contributed by atoms with Crippen molar-refractivity contribution in [2.45, 2.75) is 40.0 Å². The number of allylic oxidation sites excluding steroid dienone is 4. The number of benzene rings is 1. The summed E-state index contributed by atoms with van der Waals surface area (Å²) in [7, 11) is 0. The predicted molar refractivity (Wildman–Crippen MR) is 86.5 cm³/mol. The highest BCUT2D eigenvalue weighted by molar-refractivity contribution is 6.02. The Hall–Kier alpha value is -2.36. The van der Waals surface area contributed by atoms with Crippen molar-refractivity contribution in [3.63, 3.8) is 0 Å². The van der Waals surface area contributed by atoms with Gasteiger partial charge in [-0.05, 0) is 51.7 Å². The van der Waals surface area contributed by atoms with E-state index in [2.05, 4.69) is 19.9 Å². The largest absolute Gasteiger partial charge is 0.478 e. The summed E-state index contributed by atoms with van der Waals surface area (Å²) < 4.78 is 0. The second kappa shape index (κ2) is 8.17. The Morgan fingerprint density at radius 3 is 2.27 bits per heavy atom. The van der Waals surface area contributed by atoms with E-state index < -0.39 is 11.9 Å². The van der Waals surface area contributed by atoms with Gasteiger partial charge in [-0.1, -0.05) is 35.4 Å². The molecule has 0 amide bonds. The molecular weight excluding hydrogens is 280 g/mol. The van der Waals surface area contributed by atoms with Crippen molar-refractivity contribution in [2.75, 3.05) is 0 Å². The van der Waals surface area contributed by atoms with Gasteiger partial charge in [0.25, 0.3) is 0 Å². The maximum absolute atomic E-state index is 11.3. The topological polar surface area (TPSA) is 74.6 Å². The third-order valence-corrected chi connectivity index (χ3v) is 3.36. The number of rotatable bonds is 7. The molecule has 0 saturated carbocycles. The second-order valence-corrected chi connectivity index (χ2v) is 5.52. The van der Waals surface area contributed by atoms with Crippen LogP contribution in [-0.4, -0.2) is 22.2 Å². The number of carboxylic acids is 2. The zero-order valence-corrected chi connectivity index (χ0v) is 13.2. The quantitative estimate of drug-likeness (QED) is 0.736. The van der Waals surface area contributed by atoms with Gasteiger partial charge >= 0.3 is 11.9 Å². The number of carbonyl (C=O) groups is 2. The van der Waals surface area contributed by atoms with E-state index in [1.54, 1.807) is 12.1 Å². The summed E-state index contributed by atoms with van der Waals surface area (Å²) in [6.07, 6.45) is 6.40. The zero-order valence-electron chi connectivity index (χ0n) is 13.2. The summed E-state index contributed by atoms with van der Waals surface area (Å²) in [5.74, 6) is -2.42. The van der Waals surface area contributed by atoms with Crippen LogP contribution in [0.25, 0.3) is 0 Å². The van der Waals surface area contributed by atoms with E-state index in [-0.39, 0.29) is 11.1 Å². The first-order valence-electron chi connectivity index (χ1n) is 7.20. The van der Waals surface area contributed by atoms with Gasteiger partial charge in [-0.15, -0.1) is 0 Å². The molecule has 118 valence electrons. The van der Waals surface area contributed by atoms with Gasteiger partial charge in [-0.25, -0.2) is 9.59 Å². The van der Waals surface area contributed by atoms with Crippen LogP contribution in [0, 0.1) is 0 Å². The molecule has 0 saturated heterocycles. The summed E-state index contributed by atoms with van der Waals surface area (Å²) in [6.45, 7) is 6.10. The van der Waals surface area contributed by atoms with E-state index in [0.29, 0.717) is 12.0 Å². The van der Waals surface area contributed by atoms with Crippen LogP contribution in [-0.2, 0) is 6.42 Å². The van der Waals surface area contributed by atoms with E-state index in [4.69, 9.17) is 5.11 Å². The lowest BCUT2D eigenvalue weighted by molar-refractivity contribution is 0.0650. The molecule has 4 heteroatoms. The molecule has 0 spiro atoms. The molecule has 4 nitrogen and oxygen atoms in total. The summed E-state index contributed by atoms with van der Waals surface area (Å²) in [4.78, 5) is 22.5. The van der Waals surface area contributed by atoms with Crippen molar-refractivity contribution in [3.8, 4) is 0 Å². The molecular formula is C18H22O4. The Morgan fingerprint density at radius 1 is 1.05 bits per heavy atom. The Balaban J connectivity index is 2.94. The lowest BCUT2D eigenvalue weighted by atomic mass is 9.97. The Kier molecular flexibility index (Phi) is 6.57. The Labute approximate surface area is 130 Å². The van der Waals surface area contributed by atoms with Crippen LogP contribution in [0.4, 0.5) is 0 Å². The number of aromatic carboxylic acids is 2. The van der Waals surface area contributed by atoms with Crippen LogP contribution in [0.5, 0.6) is 0 Å². The highest BCUT2D eigenvalue weighted by Gasteiger charge is 2.18. The predicted octanol–water partition coefficient (Wildman–Crippen LogP) is 4.32. The van der Waals surface area contributed by atoms with Crippen LogP contribution in [0.3, 0.4) is 0 Å². The average molecular weight is 302 g/mol. The molecule has 0 heterocycles. The van der Waals surface area contributed by atoms with E-state index in [0.717, 1.165) is 18.4 Å². The van der Waals surface area contributed by atoms with Crippen molar-refractivity contribution in [2.24, 2.45) is 0 Å². The molecule has 0 radical (unpaired) electrons. The molecule has 0 fully saturated rings. The van der Waals surface area contributed by atoms with E-state index in [1.165, 1.54) is 11.6 Å². The van der Waals surface area contributed by atoms with Gasteiger partial charge in [-0.2, -0.15) is 0 Å². The number of hydrogen-bond donors (Lipinski definition) is 2. The van der Waals surface area contributed by atoms with Gasteiger partial charge in [0.15, 0.2) is 0 Å². The monoisotopic (exact) mass is 302 g/mol. The van der Waals surface area contributed by atoms with Crippen molar-refractivity contribution in [1.29, 1.82) is 0 Å². The van der Waals surface area contributed by atoms with Crippen molar-refractivity contribution >= 4 is 11.9 Å². The van der Waals surface area contributed by atoms with Crippen LogP contribution in [0.15, 0.2) is 41.5 Å². The zero-order chi connectivity index (χ0) is 16.7. The fourth-order valence-corrected chi connectivity index (χ4v) is 2.18. The van der Waals surface area contributed by atoms with Crippen LogP contribution in [0.2, 0.25) is 0 Å². The van der Waals surface area contributed by atoms with E-state index in [1.807, 2.05) is 13.0 Å². The highest BCUT2D eigenvalue weighted by Crippen LogP contribution is 2.18. The molecule has 2 N–H and O–H groups in total. The van der Waals surface area contributed by atoms with Gasteiger partial charge in [0.05, 0.1) is 11.1 Å². The molecule has 1 aromatic carbocycles. The molecule has 0 atom stereocenters.